The molecule has 5 aromatic rings. The minimum Gasteiger partial charge on any atom is -0.497 e. The second-order valence-corrected chi connectivity index (χ2v) is 9.10. The molecule has 5 rings (SSSR count). The summed E-state index contributed by atoms with van der Waals surface area (Å²) in [6.07, 6.45) is 0. The van der Waals surface area contributed by atoms with Crippen LogP contribution in [-0.4, -0.2) is 56.9 Å². The van der Waals surface area contributed by atoms with Gasteiger partial charge in [-0.25, -0.2) is 0 Å². The van der Waals surface area contributed by atoms with Crippen LogP contribution in [0.5, 0.6) is 46.0 Å². The van der Waals surface area contributed by atoms with Gasteiger partial charge in [0.15, 0.2) is 0 Å². The molecule has 0 amide bonds. The largest absolute Gasteiger partial charge is 0.497 e. The van der Waals surface area contributed by atoms with E-state index in [1.54, 1.807) is 56.9 Å². The first-order chi connectivity index (χ1) is 23.4. The molecule has 48 heavy (non-hydrogen) atoms. The maximum absolute atomic E-state index is 5.12. The fraction of sp³-hybridized carbons (Fsp3) is 0.250. The summed E-state index contributed by atoms with van der Waals surface area (Å²) in [5.41, 5.74) is 2.34. The molecule has 258 valence electrons. The number of rotatable bonds is 9. The molecule has 0 bridgehead atoms. The molecular weight excluding hydrogens is 608 g/mol. The van der Waals surface area contributed by atoms with Crippen molar-refractivity contribution < 1.29 is 37.9 Å². The van der Waals surface area contributed by atoms with E-state index >= 15 is 0 Å². The molecule has 8 nitrogen and oxygen atoms in total. The van der Waals surface area contributed by atoms with Crippen molar-refractivity contribution in [1.82, 2.24) is 0 Å². The Morgan fingerprint density at radius 2 is 0.438 bits per heavy atom. The monoisotopic (exact) mass is 658 g/mol. The SMILES string of the molecule is CC.COc1ccc(-c2ccc(OC)cc2)cc1.COc1ccc(OC)cc1.COc1ccc(OC)cc1.COc1cccc(OC)c1. The third kappa shape index (κ3) is 15.2. The van der Waals surface area contributed by atoms with Crippen LogP contribution in [0.2, 0.25) is 0 Å². The molecule has 0 fully saturated rings. The summed E-state index contributed by atoms with van der Waals surface area (Å²) in [7, 11) is 13.2. The highest BCUT2D eigenvalue weighted by molar-refractivity contribution is 5.64. The Morgan fingerprint density at radius 1 is 0.250 bits per heavy atom. The van der Waals surface area contributed by atoms with Crippen molar-refractivity contribution >= 4 is 0 Å². The van der Waals surface area contributed by atoms with Crippen LogP contribution in [0.3, 0.4) is 0 Å². The van der Waals surface area contributed by atoms with Crippen LogP contribution in [-0.2, 0) is 0 Å². The summed E-state index contributed by atoms with van der Waals surface area (Å²) in [6, 6.07) is 38.4. The normalized spacial score (nSPS) is 9.04. The quantitative estimate of drug-likeness (QED) is 0.155. The average molecular weight is 659 g/mol. The van der Waals surface area contributed by atoms with E-state index in [2.05, 4.69) is 0 Å². The molecular formula is C40H50O8. The minimum absolute atomic E-state index is 0.819. The first-order valence-corrected chi connectivity index (χ1v) is 15.3. The molecule has 0 saturated heterocycles. The minimum atomic E-state index is 0.819. The highest BCUT2D eigenvalue weighted by Gasteiger charge is 1.99. The van der Waals surface area contributed by atoms with Crippen molar-refractivity contribution in [2.24, 2.45) is 0 Å². The average Bonchev–Trinajstić information content (AvgIpc) is 3.19. The lowest BCUT2D eigenvalue weighted by molar-refractivity contribution is 0.394. The van der Waals surface area contributed by atoms with Gasteiger partial charge in [-0.15, -0.1) is 0 Å². The zero-order valence-electron chi connectivity index (χ0n) is 29.8. The molecule has 0 heterocycles. The molecule has 0 aromatic heterocycles. The number of hydrogen-bond donors (Lipinski definition) is 0. The summed E-state index contributed by atoms with van der Waals surface area (Å²) in [5.74, 6) is 6.77. The molecule has 0 aliphatic carbocycles. The van der Waals surface area contributed by atoms with Gasteiger partial charge in [0.2, 0.25) is 0 Å². The fourth-order valence-corrected chi connectivity index (χ4v) is 3.72. The lowest BCUT2D eigenvalue weighted by atomic mass is 10.1. The summed E-state index contributed by atoms with van der Waals surface area (Å²) in [6.45, 7) is 4.00. The Hall–Kier alpha value is -5.50. The third-order valence-corrected chi connectivity index (χ3v) is 6.38. The van der Waals surface area contributed by atoms with Gasteiger partial charge in [0, 0.05) is 6.07 Å². The molecule has 8 heteroatoms. The maximum atomic E-state index is 5.12. The van der Waals surface area contributed by atoms with Crippen molar-refractivity contribution in [3.63, 3.8) is 0 Å². The van der Waals surface area contributed by atoms with Crippen LogP contribution in [0.4, 0.5) is 0 Å². The van der Waals surface area contributed by atoms with Gasteiger partial charge in [0.1, 0.15) is 46.0 Å². The van der Waals surface area contributed by atoms with E-state index in [0.29, 0.717) is 0 Å². The van der Waals surface area contributed by atoms with E-state index in [1.165, 1.54) is 11.1 Å². The van der Waals surface area contributed by atoms with Crippen molar-refractivity contribution in [2.45, 2.75) is 13.8 Å². The second kappa shape index (κ2) is 24.7. The van der Waals surface area contributed by atoms with Crippen molar-refractivity contribution in [1.29, 1.82) is 0 Å². The van der Waals surface area contributed by atoms with Crippen molar-refractivity contribution in [2.75, 3.05) is 56.9 Å². The van der Waals surface area contributed by atoms with E-state index in [0.717, 1.165) is 46.0 Å². The van der Waals surface area contributed by atoms with Gasteiger partial charge >= 0.3 is 0 Å². The van der Waals surface area contributed by atoms with Gasteiger partial charge in [-0.1, -0.05) is 44.2 Å². The van der Waals surface area contributed by atoms with Gasteiger partial charge in [-0.3, -0.25) is 0 Å². The van der Waals surface area contributed by atoms with Crippen LogP contribution in [0.25, 0.3) is 11.1 Å². The molecule has 0 unspecified atom stereocenters. The number of benzene rings is 5. The summed E-state index contributed by atoms with van der Waals surface area (Å²) in [5, 5.41) is 0. The van der Waals surface area contributed by atoms with Gasteiger partial charge in [-0.2, -0.15) is 0 Å². The summed E-state index contributed by atoms with van der Waals surface area (Å²) < 4.78 is 40.0. The predicted octanol–water partition coefficient (Wildman–Crippen LogP) is 9.51. The van der Waals surface area contributed by atoms with Crippen LogP contribution >= 0.6 is 0 Å². The van der Waals surface area contributed by atoms with E-state index in [4.69, 9.17) is 37.9 Å². The van der Waals surface area contributed by atoms with E-state index in [9.17, 15) is 0 Å². The molecule has 5 aromatic carbocycles. The van der Waals surface area contributed by atoms with Gasteiger partial charge < -0.3 is 37.9 Å². The number of hydrogen-bond acceptors (Lipinski definition) is 8. The summed E-state index contributed by atoms with van der Waals surface area (Å²) in [4.78, 5) is 0. The van der Waals surface area contributed by atoms with Crippen LogP contribution in [0.15, 0.2) is 121 Å². The first-order valence-electron chi connectivity index (χ1n) is 15.3. The molecule has 0 atom stereocenters. The van der Waals surface area contributed by atoms with Crippen molar-refractivity contribution in [3.8, 4) is 57.1 Å². The lowest BCUT2D eigenvalue weighted by Gasteiger charge is -2.05. The molecule has 0 spiro atoms. The number of methoxy groups -OCH3 is 8. The standard InChI is InChI=1S/C14H14O2.3C8H10O2.C2H6/c1-15-13-7-3-11(4-8-13)12-5-9-14(16-2)10-6-12;2*1-9-7-3-5-8(10-2)6-4-7;1-9-7-4-3-5-8(6-7)10-2;1-2/h3-10H,1-2H3;3*3-6H,1-2H3;1-2H3. The van der Waals surface area contributed by atoms with Crippen molar-refractivity contribution in [3.05, 3.63) is 121 Å². The van der Waals surface area contributed by atoms with E-state index in [-0.39, 0.29) is 0 Å². The Bertz CT molecular complexity index is 1330. The highest BCUT2D eigenvalue weighted by Crippen LogP contribution is 2.24. The summed E-state index contributed by atoms with van der Waals surface area (Å²) >= 11 is 0. The van der Waals surface area contributed by atoms with Crippen LogP contribution in [0.1, 0.15) is 13.8 Å². The molecule has 0 aliphatic heterocycles. The fourth-order valence-electron chi connectivity index (χ4n) is 3.72. The highest BCUT2D eigenvalue weighted by atomic mass is 16.5. The third-order valence-electron chi connectivity index (χ3n) is 6.38. The number of ether oxygens (including phenoxy) is 8. The van der Waals surface area contributed by atoms with Gasteiger partial charge in [0.05, 0.1) is 56.9 Å². The zero-order chi connectivity index (χ0) is 35.6. The topological polar surface area (TPSA) is 73.8 Å². The second-order valence-electron chi connectivity index (χ2n) is 9.10. The predicted molar refractivity (Wildman–Crippen MR) is 195 cm³/mol. The Balaban J connectivity index is 0.000000322. The zero-order valence-corrected chi connectivity index (χ0v) is 29.8. The van der Waals surface area contributed by atoms with E-state index in [1.807, 2.05) is 135 Å². The van der Waals surface area contributed by atoms with Crippen LogP contribution in [0, 0.1) is 0 Å². The van der Waals surface area contributed by atoms with E-state index < -0.39 is 0 Å². The lowest BCUT2D eigenvalue weighted by Crippen LogP contribution is -1.84. The molecule has 0 radical (unpaired) electrons. The Kier molecular flexibility index (Phi) is 20.8. The van der Waals surface area contributed by atoms with Crippen LogP contribution < -0.4 is 37.9 Å². The Morgan fingerprint density at radius 3 is 0.625 bits per heavy atom. The maximum Gasteiger partial charge on any atom is 0.122 e. The molecule has 0 aliphatic rings. The molecule has 0 saturated carbocycles. The molecule has 0 N–H and O–H groups in total. The van der Waals surface area contributed by atoms with Gasteiger partial charge in [0.25, 0.3) is 0 Å². The van der Waals surface area contributed by atoms with Gasteiger partial charge in [-0.05, 0) is 96.1 Å². The Labute approximate surface area is 286 Å². The smallest absolute Gasteiger partial charge is 0.122 e. The first kappa shape index (κ1) is 40.5.